The van der Waals surface area contributed by atoms with Crippen LogP contribution in [0.5, 0.6) is 0 Å². The van der Waals surface area contributed by atoms with Gasteiger partial charge in [0.15, 0.2) is 5.69 Å². The number of hydrogen-bond donors (Lipinski definition) is 0. The first kappa shape index (κ1) is 16.0. The fraction of sp³-hybridized carbons (Fsp3) is 0.375. The topological polar surface area (TPSA) is 50.6 Å². The molecule has 23 heavy (non-hydrogen) atoms. The van der Waals surface area contributed by atoms with Crippen LogP contribution in [0.4, 0.5) is 5.69 Å². The van der Waals surface area contributed by atoms with Gasteiger partial charge < -0.3 is 14.5 Å². The van der Waals surface area contributed by atoms with Crippen LogP contribution in [-0.2, 0) is 4.74 Å². The number of carbonyl (C=O) groups is 1. The average molecular weight is 379 g/mol. The molecule has 3 rings (SSSR count). The maximum Gasteiger partial charge on any atom is 0.356 e. The van der Waals surface area contributed by atoms with Crippen LogP contribution in [-0.4, -0.2) is 61.0 Å². The number of aromatic nitrogens is 2. The molecule has 7 heteroatoms. The Balaban J connectivity index is 1.84. The van der Waals surface area contributed by atoms with E-state index in [0.717, 1.165) is 31.9 Å². The summed E-state index contributed by atoms with van der Waals surface area (Å²) in [4.78, 5) is 16.5. The van der Waals surface area contributed by atoms with Gasteiger partial charge in [-0.2, -0.15) is 5.10 Å². The molecule has 1 aromatic heterocycles. The average Bonchev–Trinajstić information content (AvgIpc) is 2.97. The van der Waals surface area contributed by atoms with E-state index in [1.807, 2.05) is 12.1 Å². The minimum Gasteiger partial charge on any atom is -0.464 e. The van der Waals surface area contributed by atoms with Crippen molar-refractivity contribution in [3.63, 3.8) is 0 Å². The van der Waals surface area contributed by atoms with Gasteiger partial charge in [-0.05, 0) is 47.2 Å². The Kier molecular flexibility index (Phi) is 4.68. The number of carbonyl (C=O) groups excluding carboxylic acids is 1. The molecule has 0 aliphatic carbocycles. The van der Waals surface area contributed by atoms with Crippen molar-refractivity contribution in [1.82, 2.24) is 14.7 Å². The van der Waals surface area contributed by atoms with Crippen molar-refractivity contribution in [2.24, 2.45) is 0 Å². The van der Waals surface area contributed by atoms with Crippen molar-refractivity contribution < 1.29 is 9.53 Å². The minimum atomic E-state index is -0.411. The molecule has 2 heterocycles. The van der Waals surface area contributed by atoms with Gasteiger partial charge in [0, 0.05) is 37.9 Å². The molecule has 6 nitrogen and oxygen atoms in total. The van der Waals surface area contributed by atoms with Gasteiger partial charge in [-0.1, -0.05) is 0 Å². The quantitative estimate of drug-likeness (QED) is 0.766. The molecular weight excluding hydrogens is 360 g/mol. The van der Waals surface area contributed by atoms with Gasteiger partial charge in [0.1, 0.15) is 4.60 Å². The van der Waals surface area contributed by atoms with Crippen LogP contribution < -0.4 is 4.90 Å². The van der Waals surface area contributed by atoms with Crippen molar-refractivity contribution in [2.45, 2.75) is 0 Å². The number of benzene rings is 1. The van der Waals surface area contributed by atoms with Gasteiger partial charge in [0.25, 0.3) is 0 Å². The number of methoxy groups -OCH3 is 1. The van der Waals surface area contributed by atoms with Crippen LogP contribution in [0, 0.1) is 0 Å². The van der Waals surface area contributed by atoms with Crippen molar-refractivity contribution in [3.8, 4) is 5.69 Å². The first-order valence-electron chi connectivity index (χ1n) is 7.46. The van der Waals surface area contributed by atoms with E-state index >= 15 is 0 Å². The van der Waals surface area contributed by atoms with Gasteiger partial charge in [0.2, 0.25) is 0 Å². The number of nitrogens with zero attached hydrogens (tertiary/aromatic N) is 4. The Morgan fingerprint density at radius 2 is 1.74 bits per heavy atom. The number of anilines is 1. The molecule has 1 aromatic carbocycles. The Labute approximate surface area is 143 Å². The number of rotatable bonds is 3. The molecular formula is C16H19BrN4O2. The smallest absolute Gasteiger partial charge is 0.356 e. The first-order chi connectivity index (χ1) is 11.1. The largest absolute Gasteiger partial charge is 0.464 e. The van der Waals surface area contributed by atoms with Crippen LogP contribution in [0.3, 0.4) is 0 Å². The van der Waals surface area contributed by atoms with Crippen molar-refractivity contribution in [1.29, 1.82) is 0 Å². The number of hydrogen-bond acceptors (Lipinski definition) is 5. The molecule has 0 bridgehead atoms. The molecule has 1 aliphatic heterocycles. The highest BCUT2D eigenvalue weighted by atomic mass is 79.9. The zero-order chi connectivity index (χ0) is 16.4. The lowest BCUT2D eigenvalue weighted by Crippen LogP contribution is -2.44. The zero-order valence-corrected chi connectivity index (χ0v) is 14.8. The van der Waals surface area contributed by atoms with E-state index in [4.69, 9.17) is 4.74 Å². The molecule has 2 aromatic rings. The zero-order valence-electron chi connectivity index (χ0n) is 13.2. The Morgan fingerprint density at radius 3 is 2.35 bits per heavy atom. The van der Waals surface area contributed by atoms with E-state index in [-0.39, 0.29) is 0 Å². The SMILES string of the molecule is COC(=O)c1cc(Br)nn1-c1ccc(N2CCN(C)CC2)cc1. The molecule has 1 aliphatic rings. The predicted molar refractivity (Wildman–Crippen MR) is 92.3 cm³/mol. The second-order valence-corrected chi connectivity index (χ2v) is 6.37. The summed E-state index contributed by atoms with van der Waals surface area (Å²) < 4.78 is 6.99. The Bertz CT molecular complexity index is 691. The van der Waals surface area contributed by atoms with Crippen LogP contribution in [0.1, 0.15) is 10.5 Å². The lowest BCUT2D eigenvalue weighted by Gasteiger charge is -2.34. The Hall–Kier alpha value is -1.86. The van der Waals surface area contributed by atoms with Gasteiger partial charge in [-0.3, -0.25) is 0 Å². The van der Waals surface area contributed by atoms with Crippen LogP contribution in [0.2, 0.25) is 0 Å². The Morgan fingerprint density at radius 1 is 1.13 bits per heavy atom. The van der Waals surface area contributed by atoms with Gasteiger partial charge in [0.05, 0.1) is 12.8 Å². The fourth-order valence-corrected chi connectivity index (χ4v) is 3.04. The molecule has 0 unspecified atom stereocenters. The number of halogens is 1. The third-order valence-corrected chi connectivity index (χ3v) is 4.42. The van der Waals surface area contributed by atoms with Gasteiger partial charge in [-0.25, -0.2) is 9.48 Å². The molecule has 1 fully saturated rings. The summed E-state index contributed by atoms with van der Waals surface area (Å²) >= 11 is 3.31. The second kappa shape index (κ2) is 6.72. The van der Waals surface area contributed by atoms with E-state index in [9.17, 15) is 4.79 Å². The summed E-state index contributed by atoms with van der Waals surface area (Å²) in [6.45, 7) is 4.19. The fourth-order valence-electron chi connectivity index (χ4n) is 2.67. The molecule has 0 spiro atoms. The van der Waals surface area contributed by atoms with E-state index in [0.29, 0.717) is 10.3 Å². The molecule has 1 saturated heterocycles. The summed E-state index contributed by atoms with van der Waals surface area (Å²) in [6.07, 6.45) is 0. The predicted octanol–water partition coefficient (Wildman–Crippen LogP) is 2.17. The third-order valence-electron chi connectivity index (χ3n) is 4.04. The summed E-state index contributed by atoms with van der Waals surface area (Å²) in [5, 5.41) is 4.31. The van der Waals surface area contributed by atoms with Crippen LogP contribution in [0.25, 0.3) is 5.69 Å². The third kappa shape index (κ3) is 3.40. The van der Waals surface area contributed by atoms with E-state index in [1.54, 1.807) is 10.7 Å². The highest BCUT2D eigenvalue weighted by molar-refractivity contribution is 9.10. The van der Waals surface area contributed by atoms with Crippen LogP contribution in [0.15, 0.2) is 34.9 Å². The van der Waals surface area contributed by atoms with Crippen molar-refractivity contribution >= 4 is 27.6 Å². The highest BCUT2D eigenvalue weighted by Gasteiger charge is 2.17. The summed E-state index contributed by atoms with van der Waals surface area (Å²) in [7, 11) is 3.51. The molecule has 0 radical (unpaired) electrons. The number of piperazine rings is 1. The normalized spacial score (nSPS) is 15.7. The lowest BCUT2D eigenvalue weighted by atomic mass is 10.2. The first-order valence-corrected chi connectivity index (χ1v) is 8.25. The molecule has 0 N–H and O–H groups in total. The lowest BCUT2D eigenvalue weighted by molar-refractivity contribution is 0.0590. The molecule has 122 valence electrons. The van der Waals surface area contributed by atoms with Crippen molar-refractivity contribution in [3.05, 3.63) is 40.6 Å². The summed E-state index contributed by atoms with van der Waals surface area (Å²) in [5.41, 5.74) is 2.41. The van der Waals surface area contributed by atoms with Crippen LogP contribution >= 0.6 is 15.9 Å². The maximum absolute atomic E-state index is 11.8. The molecule has 0 atom stereocenters. The maximum atomic E-state index is 11.8. The standard InChI is InChI=1S/C16H19BrN4O2/c1-19-7-9-20(10-8-19)12-3-5-13(6-4-12)21-14(16(22)23-2)11-15(17)18-21/h3-6,11H,7-10H2,1-2H3. The second-order valence-electron chi connectivity index (χ2n) is 5.56. The molecule has 0 amide bonds. The van der Waals surface area contributed by atoms with Crippen molar-refractivity contribution in [2.75, 3.05) is 45.2 Å². The van der Waals surface area contributed by atoms with E-state index in [2.05, 4.69) is 50.0 Å². The summed E-state index contributed by atoms with van der Waals surface area (Å²) in [5.74, 6) is -0.411. The minimum absolute atomic E-state index is 0.395. The number of esters is 1. The van der Waals surface area contributed by atoms with Gasteiger partial charge in [-0.15, -0.1) is 0 Å². The van der Waals surface area contributed by atoms with Gasteiger partial charge >= 0.3 is 5.97 Å². The van der Waals surface area contributed by atoms with E-state index < -0.39 is 5.97 Å². The number of likely N-dealkylation sites (N-methyl/N-ethyl adjacent to an activating group) is 1. The molecule has 0 saturated carbocycles. The summed E-state index contributed by atoms with van der Waals surface area (Å²) in [6, 6.07) is 9.73. The van der Waals surface area contributed by atoms with E-state index in [1.165, 1.54) is 12.8 Å². The number of ether oxygens (including phenoxy) is 1. The highest BCUT2D eigenvalue weighted by Crippen LogP contribution is 2.21. The monoisotopic (exact) mass is 378 g/mol.